The van der Waals surface area contributed by atoms with Crippen LogP contribution in [-0.2, 0) is 32.7 Å². The summed E-state index contributed by atoms with van der Waals surface area (Å²) in [4.78, 5) is 38.2. The molecule has 106 heavy (non-hydrogen) atoms. The Morgan fingerprint density at radius 2 is 0.509 bits per heavy atom. The molecule has 0 fully saturated rings. The highest BCUT2D eigenvalue weighted by Crippen LogP contribution is 2.38. The summed E-state index contributed by atoms with van der Waals surface area (Å²) in [5.74, 6) is -0.873. The zero-order valence-electron chi connectivity index (χ0n) is 67.8. The van der Waals surface area contributed by atoms with E-state index in [4.69, 9.17) is 18.5 Å². The van der Waals surface area contributed by atoms with E-state index in [9.17, 15) is 19.0 Å². The van der Waals surface area contributed by atoms with Crippen molar-refractivity contribution >= 4 is 19.8 Å². The van der Waals surface area contributed by atoms with Crippen LogP contribution in [0.25, 0.3) is 0 Å². The Kier molecular flexibility index (Phi) is 78.0. The number of quaternary nitrogens is 1. The molecule has 2 unspecified atom stereocenters. The number of carbonyl (C=O) groups is 2. The van der Waals surface area contributed by atoms with Crippen LogP contribution >= 0.6 is 7.82 Å². The van der Waals surface area contributed by atoms with E-state index in [0.717, 1.165) is 173 Å². The van der Waals surface area contributed by atoms with Crippen molar-refractivity contribution in [1.82, 2.24) is 0 Å². The first-order valence-electron chi connectivity index (χ1n) is 41.7. The average Bonchev–Trinajstić information content (AvgIpc) is 0.908. The number of allylic oxidation sites excluding steroid dienone is 40. The molecule has 0 spiro atoms. The van der Waals surface area contributed by atoms with Crippen molar-refractivity contribution in [3.05, 3.63) is 243 Å². The maximum atomic E-state index is 12.9. The number of phosphoric acid groups is 1. The molecule has 0 N–H and O–H groups in total. The van der Waals surface area contributed by atoms with Crippen molar-refractivity contribution in [3.8, 4) is 0 Å². The molecule has 0 aromatic carbocycles. The van der Waals surface area contributed by atoms with Gasteiger partial charge in [-0.15, -0.1) is 0 Å². The highest BCUT2D eigenvalue weighted by molar-refractivity contribution is 7.45. The van der Waals surface area contributed by atoms with E-state index < -0.39 is 32.5 Å². The Labute approximate surface area is 651 Å². The van der Waals surface area contributed by atoms with Gasteiger partial charge in [-0.3, -0.25) is 14.2 Å². The van der Waals surface area contributed by atoms with E-state index in [1.165, 1.54) is 83.5 Å². The van der Waals surface area contributed by atoms with Crippen molar-refractivity contribution in [3.63, 3.8) is 0 Å². The number of nitrogens with zero attached hydrogens (tertiary/aromatic N) is 1. The normalized spacial score (nSPS) is 14.3. The first-order valence-corrected chi connectivity index (χ1v) is 43.2. The van der Waals surface area contributed by atoms with Crippen LogP contribution < -0.4 is 4.89 Å². The van der Waals surface area contributed by atoms with Crippen molar-refractivity contribution in [2.24, 2.45) is 0 Å². The molecule has 594 valence electrons. The summed E-state index contributed by atoms with van der Waals surface area (Å²) in [6, 6.07) is 0. The monoisotopic (exact) mass is 1480 g/mol. The molecule has 0 radical (unpaired) electrons. The van der Waals surface area contributed by atoms with E-state index in [0.29, 0.717) is 23.9 Å². The number of phosphoric ester groups is 1. The van der Waals surface area contributed by atoms with Crippen molar-refractivity contribution < 1.29 is 42.1 Å². The van der Waals surface area contributed by atoms with E-state index >= 15 is 0 Å². The lowest BCUT2D eigenvalue weighted by Crippen LogP contribution is -2.37. The third kappa shape index (κ3) is 86.7. The average molecular weight is 1480 g/mol. The number of carbonyl (C=O) groups excluding carboxylic acids is 2. The van der Waals surface area contributed by atoms with Gasteiger partial charge >= 0.3 is 11.9 Å². The molecule has 2 atom stereocenters. The Morgan fingerprint density at radius 3 is 0.755 bits per heavy atom. The molecule has 10 heteroatoms. The van der Waals surface area contributed by atoms with Gasteiger partial charge in [0.05, 0.1) is 27.7 Å². The molecule has 0 aromatic rings. The van der Waals surface area contributed by atoms with Gasteiger partial charge in [-0.1, -0.05) is 360 Å². The fourth-order valence-electron chi connectivity index (χ4n) is 10.6. The smallest absolute Gasteiger partial charge is 0.306 e. The zero-order valence-corrected chi connectivity index (χ0v) is 68.7. The summed E-state index contributed by atoms with van der Waals surface area (Å²) < 4.78 is 34.4. The minimum absolute atomic E-state index is 0.0474. The lowest BCUT2D eigenvalue weighted by atomic mass is 10.0. The summed E-state index contributed by atoms with van der Waals surface area (Å²) >= 11 is 0. The predicted molar refractivity (Wildman–Crippen MR) is 461 cm³/mol. The Balaban J connectivity index is 4.10. The third-order valence-corrected chi connectivity index (χ3v) is 17.8. The fourth-order valence-corrected chi connectivity index (χ4v) is 11.3. The lowest BCUT2D eigenvalue weighted by molar-refractivity contribution is -0.870. The first-order chi connectivity index (χ1) is 52.0. The summed E-state index contributed by atoms with van der Waals surface area (Å²) in [6.45, 7) is 3.97. The van der Waals surface area contributed by atoms with Crippen molar-refractivity contribution in [2.75, 3.05) is 47.5 Å². The largest absolute Gasteiger partial charge is 0.756 e. The summed E-state index contributed by atoms with van der Waals surface area (Å²) in [6.07, 6.45) is 134. The summed E-state index contributed by atoms with van der Waals surface area (Å²) in [7, 11) is 1.12. The number of hydrogen-bond donors (Lipinski definition) is 0. The van der Waals surface area contributed by atoms with Gasteiger partial charge in [0.2, 0.25) is 0 Å². The predicted octanol–water partition coefficient (Wildman–Crippen LogP) is 28.0. The summed E-state index contributed by atoms with van der Waals surface area (Å²) in [5, 5.41) is 0. The van der Waals surface area contributed by atoms with Gasteiger partial charge in [0.1, 0.15) is 19.8 Å². The number of ether oxygens (including phenoxy) is 2. The molecule has 9 nitrogen and oxygen atoms in total. The number of unbranched alkanes of at least 4 members (excludes halogenated alkanes) is 20. The molecule has 0 aliphatic heterocycles. The number of likely N-dealkylation sites (N-methyl/N-ethyl adjacent to an activating group) is 1. The van der Waals surface area contributed by atoms with Crippen LogP contribution in [0.4, 0.5) is 0 Å². The van der Waals surface area contributed by atoms with Gasteiger partial charge < -0.3 is 27.9 Å². The number of hydrogen-bond acceptors (Lipinski definition) is 8. The molecule has 0 amide bonds. The number of esters is 2. The Bertz CT molecular complexity index is 2700. The van der Waals surface area contributed by atoms with Gasteiger partial charge in [0.15, 0.2) is 6.10 Å². The number of rotatable bonds is 74. The molecule has 0 saturated heterocycles. The van der Waals surface area contributed by atoms with Crippen LogP contribution in [-0.4, -0.2) is 70.0 Å². The topological polar surface area (TPSA) is 111 Å². The van der Waals surface area contributed by atoms with Crippen LogP contribution in [0.3, 0.4) is 0 Å². The van der Waals surface area contributed by atoms with Gasteiger partial charge in [-0.25, -0.2) is 0 Å². The van der Waals surface area contributed by atoms with Crippen LogP contribution in [0.1, 0.15) is 296 Å². The van der Waals surface area contributed by atoms with Crippen molar-refractivity contribution in [2.45, 2.75) is 302 Å². The minimum atomic E-state index is -4.67. The molecule has 0 aromatic heterocycles. The Hall–Kier alpha value is -6.19. The molecular formula is C96H152NO8P. The maximum Gasteiger partial charge on any atom is 0.306 e. The SMILES string of the molecule is CC/C=C\C/C=C\C/C=C\C/C=C\C/C=C\C/C=C\C/C=C\C/C=C\C/C=C\C/C=C\C/C=C\C/C=C\CCCCCCC(=O)OC(COC(=O)CCCCCCCCCCCCCCCCCC/C=C\C/C=C\C/C=C\C/C=C\C/C=C\C/C=C\C/C=C\C/C=C\CC)COP(=O)([O-])OCC[N+](C)(C)C. The molecular weight excluding hydrogens is 1330 g/mol. The van der Waals surface area contributed by atoms with Gasteiger partial charge in [-0.05, 0) is 167 Å². The molecule has 0 bridgehead atoms. The van der Waals surface area contributed by atoms with Gasteiger partial charge in [0.25, 0.3) is 7.82 Å². The second-order valence-electron chi connectivity index (χ2n) is 28.0. The standard InChI is InChI=1S/C96H152NO8P/c1-6-8-10-12-14-16-18-20-22-24-26-28-30-32-34-36-38-40-42-44-46-48-50-52-54-56-58-60-62-64-66-68-70-72-74-76-78-80-82-84-86-88-95(98)102-92-94(93-104-106(100,101)103-91-90-97(3,4)5)105-96(99)89-87-85-83-81-79-77-75-73-71-69-67-65-63-61-59-57-55-53-51-49-47-45-43-41-39-37-35-33-31-29-27-25-23-21-19-17-15-13-11-9-7-2/h8-11,14-17,20-23,26-29,32-35,38-41,44-47,50-53,57,59,63,65,69,71,75,77,94H,6-7,12-13,18-19,24-25,30-31,36-37,42-43,48-49,54-56,58,60-62,64,66-68,70,72-74,76,78-93H2,1-5H3/b10-8-,11-9-,16-14-,17-15-,22-20-,23-21-,28-26-,29-27-,34-32-,35-33-,40-38-,41-39-,46-44-,47-45-,52-50-,53-51-,59-57-,65-63-,71-69-,77-75-. The van der Waals surface area contributed by atoms with Crippen LogP contribution in [0.15, 0.2) is 243 Å². The van der Waals surface area contributed by atoms with Crippen LogP contribution in [0.5, 0.6) is 0 Å². The highest BCUT2D eigenvalue weighted by atomic mass is 31.2. The molecule has 0 aliphatic carbocycles. The molecule has 0 aliphatic rings. The first kappa shape index (κ1) is 99.8. The van der Waals surface area contributed by atoms with Gasteiger partial charge in [-0.2, -0.15) is 0 Å². The highest BCUT2D eigenvalue weighted by Gasteiger charge is 2.22. The van der Waals surface area contributed by atoms with E-state index in [1.807, 2.05) is 21.1 Å². The van der Waals surface area contributed by atoms with E-state index in [1.54, 1.807) is 0 Å². The molecule has 0 heterocycles. The summed E-state index contributed by atoms with van der Waals surface area (Å²) in [5.41, 5.74) is 0. The van der Waals surface area contributed by atoms with E-state index in [-0.39, 0.29) is 26.1 Å². The van der Waals surface area contributed by atoms with E-state index in [2.05, 4.69) is 257 Å². The lowest BCUT2D eigenvalue weighted by Gasteiger charge is -2.28. The van der Waals surface area contributed by atoms with Crippen LogP contribution in [0.2, 0.25) is 0 Å². The van der Waals surface area contributed by atoms with Crippen molar-refractivity contribution in [1.29, 1.82) is 0 Å². The second-order valence-corrected chi connectivity index (χ2v) is 29.4. The molecule has 0 rings (SSSR count). The van der Waals surface area contributed by atoms with Gasteiger partial charge in [0, 0.05) is 12.8 Å². The zero-order chi connectivity index (χ0) is 76.8. The Morgan fingerprint density at radius 1 is 0.292 bits per heavy atom. The fraction of sp³-hybridized carbons (Fsp3) is 0.562. The van der Waals surface area contributed by atoms with Crippen LogP contribution in [0, 0.1) is 0 Å². The molecule has 0 saturated carbocycles. The quantitative estimate of drug-likeness (QED) is 0.0195. The maximum absolute atomic E-state index is 12.9. The minimum Gasteiger partial charge on any atom is -0.756 e. The third-order valence-electron chi connectivity index (χ3n) is 16.9. The second kappa shape index (κ2) is 82.9.